The maximum Gasteiger partial charge on any atom is 0.123 e. The molecule has 0 atom stereocenters. The van der Waals surface area contributed by atoms with E-state index in [0.717, 1.165) is 62.5 Å². The minimum atomic E-state index is -0.299. The summed E-state index contributed by atoms with van der Waals surface area (Å²) < 4.78 is 13.9. The molecular weight excluding hydrogens is 485 g/mol. The summed E-state index contributed by atoms with van der Waals surface area (Å²) in [4.78, 5) is 12.5. The van der Waals surface area contributed by atoms with Crippen LogP contribution in [-0.4, -0.2) is 15.0 Å². The van der Waals surface area contributed by atoms with Gasteiger partial charge in [-0.2, -0.15) is 0 Å². The molecule has 0 amide bonds. The molecular formula is C33H36FN5. The highest BCUT2D eigenvalue weighted by atomic mass is 19.1. The van der Waals surface area contributed by atoms with E-state index in [1.807, 2.05) is 25.1 Å². The number of fused-ring (bicyclic) bond motifs is 1. The van der Waals surface area contributed by atoms with Crippen molar-refractivity contribution in [2.75, 3.05) is 5.73 Å². The van der Waals surface area contributed by atoms with E-state index in [0.29, 0.717) is 12.1 Å². The molecule has 6 heteroatoms. The second-order valence-corrected chi connectivity index (χ2v) is 10.9. The zero-order valence-electron chi connectivity index (χ0n) is 23.1. The standard InChI is InChI=1S/C33H36FN5/c1-7-22(16-27(8-2)37-21(3)18-33(4,5)6)23-12-13-29(35)25(14-23)17-31-38-30-20-36-19-28(32(30)39-31)24-10-9-11-26(34)15-24/h7-16,19-20,37H,2-3,17-18,35H2,1,4-6H3,(H,38,39)/b22-7+,27-16+. The quantitative estimate of drug-likeness (QED) is 0.154. The van der Waals surface area contributed by atoms with Crippen LogP contribution in [0.15, 0.2) is 97.6 Å². The molecule has 0 aliphatic rings. The molecule has 2 heterocycles. The van der Waals surface area contributed by atoms with Crippen molar-refractivity contribution in [1.82, 2.24) is 20.3 Å². The molecule has 0 unspecified atom stereocenters. The van der Waals surface area contributed by atoms with Crippen molar-refractivity contribution in [1.29, 1.82) is 0 Å². The average molecular weight is 522 g/mol. The van der Waals surface area contributed by atoms with E-state index in [4.69, 9.17) is 10.7 Å². The van der Waals surface area contributed by atoms with Crippen molar-refractivity contribution in [3.8, 4) is 11.1 Å². The van der Waals surface area contributed by atoms with Crippen molar-refractivity contribution in [2.24, 2.45) is 5.41 Å². The number of halogens is 1. The monoisotopic (exact) mass is 521 g/mol. The number of nitrogens with two attached hydrogens (primary N) is 1. The first-order valence-corrected chi connectivity index (χ1v) is 13.0. The highest BCUT2D eigenvalue weighted by Gasteiger charge is 2.14. The van der Waals surface area contributed by atoms with E-state index in [1.165, 1.54) is 12.1 Å². The smallest absolute Gasteiger partial charge is 0.123 e. The van der Waals surface area contributed by atoms with Gasteiger partial charge in [-0.3, -0.25) is 4.98 Å². The van der Waals surface area contributed by atoms with Gasteiger partial charge in [0, 0.05) is 35.3 Å². The molecule has 0 fully saturated rings. The largest absolute Gasteiger partial charge is 0.398 e. The number of nitrogens with zero attached hydrogens (tertiary/aromatic N) is 2. The van der Waals surface area contributed by atoms with Crippen molar-refractivity contribution in [3.63, 3.8) is 0 Å². The number of nitrogen functional groups attached to an aromatic ring is 1. The first-order chi connectivity index (χ1) is 18.6. The van der Waals surface area contributed by atoms with Gasteiger partial charge in [-0.1, -0.05) is 58.2 Å². The summed E-state index contributed by atoms with van der Waals surface area (Å²) in [6.45, 7) is 16.7. The zero-order valence-corrected chi connectivity index (χ0v) is 23.1. The van der Waals surface area contributed by atoms with Crippen LogP contribution in [0.1, 0.15) is 51.1 Å². The van der Waals surface area contributed by atoms with Gasteiger partial charge in [-0.05, 0) is 77.4 Å². The van der Waals surface area contributed by atoms with Crippen LogP contribution in [-0.2, 0) is 6.42 Å². The number of hydrogen-bond acceptors (Lipinski definition) is 4. The predicted molar refractivity (Wildman–Crippen MR) is 161 cm³/mol. The number of nitrogens with one attached hydrogen (secondary N) is 2. The summed E-state index contributed by atoms with van der Waals surface area (Å²) in [7, 11) is 0. The summed E-state index contributed by atoms with van der Waals surface area (Å²) in [5.41, 5.74) is 15.1. The second kappa shape index (κ2) is 11.5. The Kier molecular flexibility index (Phi) is 8.15. The van der Waals surface area contributed by atoms with Crippen LogP contribution in [0.5, 0.6) is 0 Å². The van der Waals surface area contributed by atoms with Gasteiger partial charge in [0.15, 0.2) is 0 Å². The molecule has 2 aromatic carbocycles. The Balaban J connectivity index is 1.62. The number of rotatable bonds is 9. The summed E-state index contributed by atoms with van der Waals surface area (Å²) in [5, 5.41) is 3.40. The summed E-state index contributed by atoms with van der Waals surface area (Å²) in [5.74, 6) is 0.455. The van der Waals surface area contributed by atoms with Crippen LogP contribution in [0, 0.1) is 11.2 Å². The number of imidazole rings is 1. The lowest BCUT2D eigenvalue weighted by atomic mass is 9.91. The third-order valence-corrected chi connectivity index (χ3v) is 6.32. The first kappa shape index (κ1) is 27.6. The maximum absolute atomic E-state index is 13.9. The number of hydrogen-bond donors (Lipinski definition) is 3. The van der Waals surface area contributed by atoms with Crippen LogP contribution in [0.3, 0.4) is 0 Å². The van der Waals surface area contributed by atoms with E-state index in [2.05, 4.69) is 67.4 Å². The fourth-order valence-electron chi connectivity index (χ4n) is 4.59. The lowest BCUT2D eigenvalue weighted by Gasteiger charge is -2.21. The molecule has 39 heavy (non-hydrogen) atoms. The molecule has 0 radical (unpaired) electrons. The molecule has 200 valence electrons. The van der Waals surface area contributed by atoms with Crippen LogP contribution >= 0.6 is 0 Å². The zero-order chi connectivity index (χ0) is 28.2. The summed E-state index contributed by atoms with van der Waals surface area (Å²) in [6, 6.07) is 12.5. The summed E-state index contributed by atoms with van der Waals surface area (Å²) >= 11 is 0. The Morgan fingerprint density at radius 1 is 1.15 bits per heavy atom. The fraction of sp³-hybridized carbons (Fsp3) is 0.212. The first-order valence-electron chi connectivity index (χ1n) is 13.0. The third kappa shape index (κ3) is 6.90. The van der Waals surface area contributed by atoms with Gasteiger partial charge in [0.25, 0.3) is 0 Å². The number of aromatic amines is 1. The van der Waals surface area contributed by atoms with Gasteiger partial charge in [0.05, 0.1) is 17.2 Å². The van der Waals surface area contributed by atoms with Crippen LogP contribution in [0.2, 0.25) is 0 Å². The molecule has 4 aromatic rings. The Labute approximate surface area is 230 Å². The number of aromatic nitrogens is 3. The average Bonchev–Trinajstić information content (AvgIpc) is 3.29. The molecule has 0 bridgehead atoms. The van der Waals surface area contributed by atoms with Crippen molar-refractivity contribution in [2.45, 2.75) is 40.5 Å². The maximum atomic E-state index is 13.9. The van der Waals surface area contributed by atoms with Crippen molar-refractivity contribution in [3.05, 3.63) is 120 Å². The topological polar surface area (TPSA) is 79.6 Å². The Morgan fingerprint density at radius 2 is 1.95 bits per heavy atom. The van der Waals surface area contributed by atoms with Crippen molar-refractivity contribution >= 4 is 22.3 Å². The van der Waals surface area contributed by atoms with E-state index >= 15 is 0 Å². The molecule has 5 nitrogen and oxygen atoms in total. The number of anilines is 1. The number of benzene rings is 2. The van der Waals surface area contributed by atoms with Gasteiger partial charge in [0.2, 0.25) is 0 Å². The SMILES string of the molecule is C=C/C(=C\C(=C/C)c1ccc(N)c(Cc2nc3c(-c4cccc(F)c4)cncc3[nH]2)c1)NC(=C)CC(C)(C)C. The number of allylic oxidation sites excluding steroid dienone is 5. The van der Waals surface area contributed by atoms with Crippen LogP contribution in [0.25, 0.3) is 27.7 Å². The Bertz CT molecular complexity index is 1580. The number of pyridine rings is 1. The lowest BCUT2D eigenvalue weighted by molar-refractivity contribution is 0.403. The Hall–Kier alpha value is -4.45. The van der Waals surface area contributed by atoms with Gasteiger partial charge in [-0.15, -0.1) is 0 Å². The molecule has 0 saturated carbocycles. The third-order valence-electron chi connectivity index (χ3n) is 6.32. The van der Waals surface area contributed by atoms with Gasteiger partial charge < -0.3 is 16.0 Å². The molecule has 0 aliphatic carbocycles. The van der Waals surface area contributed by atoms with Gasteiger partial charge in [-0.25, -0.2) is 9.37 Å². The minimum absolute atomic E-state index is 0.135. The van der Waals surface area contributed by atoms with Crippen LogP contribution in [0.4, 0.5) is 10.1 Å². The highest BCUT2D eigenvalue weighted by Crippen LogP contribution is 2.29. The molecule has 0 saturated heterocycles. The normalized spacial score (nSPS) is 12.5. The Morgan fingerprint density at radius 3 is 2.64 bits per heavy atom. The summed E-state index contributed by atoms with van der Waals surface area (Å²) in [6.07, 6.45) is 10.7. The van der Waals surface area contributed by atoms with Gasteiger partial charge in [0.1, 0.15) is 11.6 Å². The van der Waals surface area contributed by atoms with E-state index in [1.54, 1.807) is 24.5 Å². The van der Waals surface area contributed by atoms with E-state index in [9.17, 15) is 4.39 Å². The predicted octanol–water partition coefficient (Wildman–Crippen LogP) is 7.95. The highest BCUT2D eigenvalue weighted by molar-refractivity contribution is 5.91. The minimum Gasteiger partial charge on any atom is -0.398 e. The number of H-pyrrole nitrogens is 1. The molecule has 0 aliphatic heterocycles. The van der Waals surface area contributed by atoms with Gasteiger partial charge >= 0.3 is 0 Å². The lowest BCUT2D eigenvalue weighted by Crippen LogP contribution is -2.16. The molecule has 4 N–H and O–H groups in total. The van der Waals surface area contributed by atoms with Crippen molar-refractivity contribution < 1.29 is 4.39 Å². The second-order valence-electron chi connectivity index (χ2n) is 10.9. The molecule has 2 aromatic heterocycles. The molecule has 0 spiro atoms. The van der Waals surface area contributed by atoms with Crippen LogP contribution < -0.4 is 11.1 Å². The fourth-order valence-corrected chi connectivity index (χ4v) is 4.59. The molecule has 4 rings (SSSR count). The van der Waals surface area contributed by atoms with E-state index in [-0.39, 0.29) is 11.2 Å². The van der Waals surface area contributed by atoms with E-state index < -0.39 is 0 Å².